The second-order valence-electron chi connectivity index (χ2n) is 11.1. The van der Waals surface area contributed by atoms with Gasteiger partial charge >= 0.3 is 12.2 Å². The third-order valence-corrected chi connectivity index (χ3v) is 7.40. The van der Waals surface area contributed by atoms with Crippen molar-refractivity contribution in [3.8, 4) is 11.5 Å². The third kappa shape index (κ3) is 8.18. The number of fused-ring (bicyclic) bond motifs is 2. The van der Waals surface area contributed by atoms with E-state index in [2.05, 4.69) is 22.1 Å². The molecule has 8 nitrogen and oxygen atoms in total. The highest BCUT2D eigenvalue weighted by molar-refractivity contribution is 5.92. The highest BCUT2D eigenvalue weighted by Gasteiger charge is 2.13. The Bertz CT molecular complexity index is 1390. The van der Waals surface area contributed by atoms with E-state index in [0.717, 1.165) is 58.6 Å². The molecule has 0 aliphatic carbocycles. The Hall–Kier alpha value is -4.20. The molecule has 0 unspecified atom stereocenters. The van der Waals surface area contributed by atoms with E-state index in [4.69, 9.17) is 9.47 Å². The van der Waals surface area contributed by atoms with Gasteiger partial charge in [0.1, 0.15) is 11.5 Å². The van der Waals surface area contributed by atoms with Crippen molar-refractivity contribution in [2.45, 2.75) is 64.2 Å². The lowest BCUT2D eigenvalue weighted by Crippen LogP contribution is -2.25. The van der Waals surface area contributed by atoms with Gasteiger partial charge in [0.25, 0.3) is 0 Å². The van der Waals surface area contributed by atoms with Crippen LogP contribution in [0.3, 0.4) is 0 Å². The monoisotopic (exact) mass is 570 g/mol. The number of rotatable bonds is 13. The molecule has 0 radical (unpaired) electrons. The number of nitrogens with zero attached hydrogens (tertiary/aromatic N) is 4. The molecule has 2 aromatic heterocycles. The molecule has 0 saturated heterocycles. The van der Waals surface area contributed by atoms with Crippen LogP contribution in [0.2, 0.25) is 0 Å². The fourth-order valence-corrected chi connectivity index (χ4v) is 5.07. The molecule has 2 aromatic carbocycles. The summed E-state index contributed by atoms with van der Waals surface area (Å²) in [6.45, 7) is 0. The van der Waals surface area contributed by atoms with Crippen LogP contribution in [0.15, 0.2) is 60.9 Å². The molecule has 0 aliphatic heterocycles. The Balaban J connectivity index is 1.16. The summed E-state index contributed by atoms with van der Waals surface area (Å²) in [4.78, 5) is 36.2. The van der Waals surface area contributed by atoms with Crippen molar-refractivity contribution >= 4 is 33.7 Å². The number of aryl methyl sites for hydroxylation is 2. The highest BCUT2D eigenvalue weighted by Crippen LogP contribution is 2.29. The van der Waals surface area contributed by atoms with Crippen LogP contribution < -0.4 is 9.47 Å². The summed E-state index contributed by atoms with van der Waals surface area (Å²) in [5, 5.41) is 3.94. The average molecular weight is 571 g/mol. The van der Waals surface area contributed by atoms with Gasteiger partial charge in [0, 0.05) is 73.5 Å². The summed E-state index contributed by atoms with van der Waals surface area (Å²) in [5.41, 5.74) is 2.11. The zero-order chi connectivity index (χ0) is 29.9. The summed E-state index contributed by atoms with van der Waals surface area (Å²) in [6.07, 6.45) is 14.1. The summed E-state index contributed by atoms with van der Waals surface area (Å²) < 4.78 is 11.1. The molecule has 0 spiro atoms. The van der Waals surface area contributed by atoms with Gasteiger partial charge in [-0.3, -0.25) is 9.97 Å². The van der Waals surface area contributed by atoms with Crippen LogP contribution in [0.1, 0.15) is 62.8 Å². The van der Waals surface area contributed by atoms with E-state index < -0.39 is 0 Å². The Morgan fingerprint density at radius 1 is 0.548 bits per heavy atom. The predicted octanol–water partition coefficient (Wildman–Crippen LogP) is 7.81. The van der Waals surface area contributed by atoms with E-state index in [9.17, 15) is 9.59 Å². The number of unbranched alkanes of at least 4 members (excludes halogenated alkanes) is 7. The van der Waals surface area contributed by atoms with Gasteiger partial charge in [-0.1, -0.05) is 62.8 Å². The number of hydrogen-bond acceptors (Lipinski definition) is 6. The number of ether oxygens (including phenoxy) is 2. The minimum absolute atomic E-state index is 0.385. The van der Waals surface area contributed by atoms with Crippen LogP contribution in [0, 0.1) is 0 Å². The van der Waals surface area contributed by atoms with Gasteiger partial charge in [-0.2, -0.15) is 0 Å². The van der Waals surface area contributed by atoms with Crippen LogP contribution in [-0.4, -0.2) is 60.1 Å². The minimum Gasteiger partial charge on any atom is -0.410 e. The topological polar surface area (TPSA) is 84.9 Å². The molecule has 0 aliphatic rings. The molecule has 4 aromatic rings. The quantitative estimate of drug-likeness (QED) is 0.152. The number of hydrogen-bond donors (Lipinski definition) is 0. The lowest BCUT2D eigenvalue weighted by Gasteiger charge is -2.13. The number of aromatic nitrogens is 2. The predicted molar refractivity (Wildman–Crippen MR) is 167 cm³/mol. The second-order valence-corrected chi connectivity index (χ2v) is 11.1. The summed E-state index contributed by atoms with van der Waals surface area (Å²) in [7, 11) is 6.70. The molecule has 0 saturated carbocycles. The molecule has 0 fully saturated rings. The number of carbonyl (C=O) groups is 2. The second kappa shape index (κ2) is 15.1. The number of carbonyl (C=O) groups excluding carboxylic acids is 2. The first-order valence-corrected chi connectivity index (χ1v) is 14.9. The van der Waals surface area contributed by atoms with Crippen molar-refractivity contribution in [3.63, 3.8) is 0 Å². The Kier molecular flexibility index (Phi) is 11.1. The SMILES string of the molecule is CN(C)C(=O)Oc1cccc2c(CCCCCCCCCCc3nccc4c(OC(=O)N(C)C)cccc34)nccc12. The van der Waals surface area contributed by atoms with Gasteiger partial charge in [0.2, 0.25) is 0 Å². The van der Waals surface area contributed by atoms with Crippen molar-refractivity contribution in [2.75, 3.05) is 28.2 Å². The molecule has 222 valence electrons. The van der Waals surface area contributed by atoms with Crippen molar-refractivity contribution < 1.29 is 19.1 Å². The third-order valence-electron chi connectivity index (χ3n) is 7.40. The van der Waals surface area contributed by atoms with Crippen molar-refractivity contribution in [1.82, 2.24) is 19.8 Å². The van der Waals surface area contributed by atoms with E-state index in [1.54, 1.807) is 40.6 Å². The minimum atomic E-state index is -0.385. The number of pyridine rings is 2. The molecular weight excluding hydrogens is 528 g/mol. The van der Waals surface area contributed by atoms with Gasteiger partial charge in [-0.25, -0.2) is 9.59 Å². The van der Waals surface area contributed by atoms with Crippen molar-refractivity contribution in [1.29, 1.82) is 0 Å². The first kappa shape index (κ1) is 30.8. The Labute approximate surface area is 248 Å². The summed E-state index contributed by atoms with van der Waals surface area (Å²) in [5.74, 6) is 1.14. The maximum absolute atomic E-state index is 12.0. The molecule has 0 bridgehead atoms. The van der Waals surface area contributed by atoms with E-state index in [1.165, 1.54) is 48.3 Å². The smallest absolute Gasteiger partial charge is 0.410 e. The van der Waals surface area contributed by atoms with Gasteiger partial charge in [0.05, 0.1) is 0 Å². The zero-order valence-corrected chi connectivity index (χ0v) is 25.3. The normalized spacial score (nSPS) is 11.0. The van der Waals surface area contributed by atoms with Crippen LogP contribution in [0.4, 0.5) is 9.59 Å². The van der Waals surface area contributed by atoms with E-state index >= 15 is 0 Å². The maximum Gasteiger partial charge on any atom is 0.414 e. The highest BCUT2D eigenvalue weighted by atomic mass is 16.6. The molecule has 2 heterocycles. The van der Waals surface area contributed by atoms with E-state index in [-0.39, 0.29) is 12.2 Å². The van der Waals surface area contributed by atoms with Crippen molar-refractivity contribution in [2.24, 2.45) is 0 Å². The molecule has 0 N–H and O–H groups in total. The summed E-state index contributed by atoms with van der Waals surface area (Å²) in [6, 6.07) is 15.4. The van der Waals surface area contributed by atoms with Crippen LogP contribution >= 0.6 is 0 Å². The molecular formula is C34H42N4O4. The standard InChI is InChI=1S/C34H42N4O4/c1-37(2)33(39)41-31-19-13-15-25-27(31)21-23-35-29(25)17-11-9-7-5-6-8-10-12-18-30-26-16-14-20-32(28(26)22-24-36-30)42-34(40)38(3)4/h13-16,19-24H,5-12,17-18H2,1-4H3. The molecule has 2 amide bonds. The molecule has 42 heavy (non-hydrogen) atoms. The zero-order valence-electron chi connectivity index (χ0n) is 25.3. The lowest BCUT2D eigenvalue weighted by atomic mass is 10.0. The number of amides is 2. The first-order chi connectivity index (χ1) is 20.3. The molecule has 8 heteroatoms. The lowest BCUT2D eigenvalue weighted by molar-refractivity contribution is 0.171. The summed E-state index contributed by atoms with van der Waals surface area (Å²) >= 11 is 0. The number of benzene rings is 2. The van der Waals surface area contributed by atoms with Gasteiger partial charge in [-0.05, 0) is 49.9 Å². The van der Waals surface area contributed by atoms with E-state index in [0.29, 0.717) is 11.5 Å². The van der Waals surface area contributed by atoms with Crippen LogP contribution in [0.25, 0.3) is 21.5 Å². The average Bonchev–Trinajstić information content (AvgIpc) is 2.98. The van der Waals surface area contributed by atoms with Crippen molar-refractivity contribution in [3.05, 3.63) is 72.3 Å². The maximum atomic E-state index is 12.0. The van der Waals surface area contributed by atoms with E-state index in [1.807, 2.05) is 36.4 Å². The van der Waals surface area contributed by atoms with Crippen LogP contribution in [-0.2, 0) is 12.8 Å². The molecule has 0 atom stereocenters. The van der Waals surface area contributed by atoms with Gasteiger partial charge in [-0.15, -0.1) is 0 Å². The van der Waals surface area contributed by atoms with Crippen LogP contribution in [0.5, 0.6) is 11.5 Å². The van der Waals surface area contributed by atoms with Gasteiger partial charge < -0.3 is 19.3 Å². The fourth-order valence-electron chi connectivity index (χ4n) is 5.07. The molecule has 4 rings (SSSR count). The first-order valence-electron chi connectivity index (χ1n) is 14.9. The Morgan fingerprint density at radius 2 is 0.929 bits per heavy atom. The largest absolute Gasteiger partial charge is 0.414 e. The fraction of sp³-hybridized carbons (Fsp3) is 0.412. The van der Waals surface area contributed by atoms with Gasteiger partial charge in [0.15, 0.2) is 0 Å². The Morgan fingerprint density at radius 3 is 1.31 bits per heavy atom.